The maximum Gasteiger partial charge on any atom is 0.153 e. The number of carbonyl (C=O) groups excluding carboxylic acids is 1. The van der Waals surface area contributed by atoms with E-state index in [2.05, 4.69) is 0 Å². The molecule has 0 unspecified atom stereocenters. The minimum Gasteiger partial charge on any atom is -0.497 e. The second-order valence-corrected chi connectivity index (χ2v) is 4.22. The van der Waals surface area contributed by atoms with E-state index in [1.54, 1.807) is 18.2 Å². The molecule has 0 aliphatic heterocycles. The zero-order valence-electron chi connectivity index (χ0n) is 11.3. The normalized spacial score (nSPS) is 9.76. The van der Waals surface area contributed by atoms with Crippen LogP contribution in [0.2, 0.25) is 0 Å². The fourth-order valence-electron chi connectivity index (χ4n) is 1.81. The molecule has 0 N–H and O–H groups in total. The zero-order valence-corrected chi connectivity index (χ0v) is 11.3. The van der Waals surface area contributed by atoms with Gasteiger partial charge in [0.05, 0.1) is 24.3 Å². The molecule has 0 atom stereocenters. The summed E-state index contributed by atoms with van der Waals surface area (Å²) in [6.45, 7) is -0.0192. The van der Waals surface area contributed by atoms with Crippen molar-refractivity contribution in [3.05, 3.63) is 58.9 Å². The van der Waals surface area contributed by atoms with Crippen molar-refractivity contribution < 1.29 is 18.7 Å². The Labute approximate surface area is 121 Å². The zero-order chi connectivity index (χ0) is 15.2. The Hall–Kier alpha value is -2.87. The van der Waals surface area contributed by atoms with E-state index in [1.165, 1.54) is 25.3 Å². The van der Waals surface area contributed by atoms with Gasteiger partial charge in [-0.15, -0.1) is 0 Å². The number of ether oxygens (including phenoxy) is 2. The van der Waals surface area contributed by atoms with Gasteiger partial charge in [0.1, 0.15) is 23.9 Å². The second kappa shape index (κ2) is 6.53. The Balaban J connectivity index is 2.26. The van der Waals surface area contributed by atoms with E-state index in [1.807, 2.05) is 6.07 Å². The number of halogens is 1. The van der Waals surface area contributed by atoms with Crippen LogP contribution in [-0.2, 0) is 6.61 Å². The third-order valence-corrected chi connectivity index (χ3v) is 2.92. The number of carbonyl (C=O) groups is 1. The van der Waals surface area contributed by atoms with Gasteiger partial charge in [0, 0.05) is 11.6 Å². The monoisotopic (exact) mass is 285 g/mol. The molecule has 106 valence electrons. The van der Waals surface area contributed by atoms with E-state index in [0.717, 1.165) is 0 Å². The number of hydrogen-bond donors (Lipinski definition) is 0. The number of nitriles is 1. The van der Waals surface area contributed by atoms with Crippen molar-refractivity contribution in [2.24, 2.45) is 0 Å². The highest BCUT2D eigenvalue weighted by molar-refractivity contribution is 5.79. The summed E-state index contributed by atoms with van der Waals surface area (Å²) < 4.78 is 23.8. The van der Waals surface area contributed by atoms with E-state index in [0.29, 0.717) is 34.5 Å². The Kier molecular flexibility index (Phi) is 4.52. The Morgan fingerprint density at radius 3 is 2.76 bits per heavy atom. The van der Waals surface area contributed by atoms with Crippen LogP contribution < -0.4 is 9.47 Å². The first-order valence-corrected chi connectivity index (χ1v) is 6.12. The van der Waals surface area contributed by atoms with Crippen molar-refractivity contribution in [1.29, 1.82) is 5.26 Å². The van der Waals surface area contributed by atoms with Gasteiger partial charge in [-0.2, -0.15) is 5.26 Å². The van der Waals surface area contributed by atoms with Crippen LogP contribution in [-0.4, -0.2) is 13.4 Å². The third kappa shape index (κ3) is 3.37. The van der Waals surface area contributed by atoms with Gasteiger partial charge < -0.3 is 9.47 Å². The van der Waals surface area contributed by atoms with Crippen molar-refractivity contribution in [2.75, 3.05) is 7.11 Å². The molecule has 0 heterocycles. The standard InChI is InChI=1S/C16H12FNO3/c1-20-15-5-3-12(9-19)16(7-15)21-10-13-6-14(17)4-2-11(13)8-18/h2-7,9H,10H2,1H3. The Morgan fingerprint density at radius 1 is 1.29 bits per heavy atom. The molecular weight excluding hydrogens is 273 g/mol. The molecule has 0 bridgehead atoms. The van der Waals surface area contributed by atoms with Crippen molar-refractivity contribution in [3.63, 3.8) is 0 Å². The molecule has 2 aromatic rings. The summed E-state index contributed by atoms with van der Waals surface area (Å²) >= 11 is 0. The molecule has 0 fully saturated rings. The van der Waals surface area contributed by atoms with Gasteiger partial charge in [0.2, 0.25) is 0 Å². The van der Waals surface area contributed by atoms with Crippen LogP contribution in [0.15, 0.2) is 36.4 Å². The van der Waals surface area contributed by atoms with Crippen LogP contribution >= 0.6 is 0 Å². The minimum absolute atomic E-state index is 0.0192. The second-order valence-electron chi connectivity index (χ2n) is 4.22. The third-order valence-electron chi connectivity index (χ3n) is 2.92. The summed E-state index contributed by atoms with van der Waals surface area (Å²) in [6.07, 6.45) is 0.658. The topological polar surface area (TPSA) is 59.3 Å². The summed E-state index contributed by atoms with van der Waals surface area (Å²) in [6, 6.07) is 10.6. The highest BCUT2D eigenvalue weighted by Crippen LogP contribution is 2.25. The summed E-state index contributed by atoms with van der Waals surface area (Å²) in [7, 11) is 1.50. The average molecular weight is 285 g/mol. The van der Waals surface area contributed by atoms with Crippen LogP contribution in [0.3, 0.4) is 0 Å². The summed E-state index contributed by atoms with van der Waals surface area (Å²) in [5, 5.41) is 8.99. The number of nitrogens with zero attached hydrogens (tertiary/aromatic N) is 1. The maximum absolute atomic E-state index is 13.2. The lowest BCUT2D eigenvalue weighted by molar-refractivity contribution is 0.111. The molecule has 21 heavy (non-hydrogen) atoms. The lowest BCUT2D eigenvalue weighted by Crippen LogP contribution is -2.01. The molecule has 0 amide bonds. The van der Waals surface area contributed by atoms with Crippen LogP contribution in [0.25, 0.3) is 0 Å². The molecule has 0 aromatic heterocycles. The molecule has 5 heteroatoms. The summed E-state index contributed by atoms with van der Waals surface area (Å²) in [5.74, 6) is 0.404. The molecular formula is C16H12FNO3. The molecule has 2 rings (SSSR count). The van der Waals surface area contributed by atoms with Crippen molar-refractivity contribution >= 4 is 6.29 Å². The van der Waals surface area contributed by atoms with Crippen molar-refractivity contribution in [1.82, 2.24) is 0 Å². The number of aldehydes is 1. The largest absolute Gasteiger partial charge is 0.497 e. The fraction of sp³-hybridized carbons (Fsp3) is 0.125. The van der Waals surface area contributed by atoms with Gasteiger partial charge in [-0.3, -0.25) is 4.79 Å². The van der Waals surface area contributed by atoms with Crippen LogP contribution in [0, 0.1) is 17.1 Å². The SMILES string of the molecule is COc1ccc(C=O)c(OCc2cc(F)ccc2C#N)c1. The number of methoxy groups -OCH3 is 1. The van der Waals surface area contributed by atoms with Crippen molar-refractivity contribution in [3.8, 4) is 17.6 Å². The predicted octanol–water partition coefficient (Wildman–Crippen LogP) is 3.10. The molecule has 0 radical (unpaired) electrons. The van der Waals surface area contributed by atoms with E-state index in [-0.39, 0.29) is 6.61 Å². The summed E-state index contributed by atoms with van der Waals surface area (Å²) in [4.78, 5) is 11.0. The predicted molar refractivity (Wildman–Crippen MR) is 73.8 cm³/mol. The number of benzene rings is 2. The molecule has 0 aliphatic carbocycles. The van der Waals surface area contributed by atoms with Gasteiger partial charge in [-0.1, -0.05) is 0 Å². The molecule has 0 saturated carbocycles. The summed E-state index contributed by atoms with van der Waals surface area (Å²) in [5.41, 5.74) is 1.09. The highest BCUT2D eigenvalue weighted by Gasteiger charge is 2.08. The van der Waals surface area contributed by atoms with Crippen molar-refractivity contribution in [2.45, 2.75) is 6.61 Å². The molecule has 4 nitrogen and oxygen atoms in total. The van der Waals surface area contributed by atoms with Crippen LogP contribution in [0.1, 0.15) is 21.5 Å². The van der Waals surface area contributed by atoms with E-state index in [9.17, 15) is 9.18 Å². The van der Waals surface area contributed by atoms with Gasteiger partial charge >= 0.3 is 0 Å². The van der Waals surface area contributed by atoms with Gasteiger partial charge in [-0.05, 0) is 30.3 Å². The quantitative estimate of drug-likeness (QED) is 0.792. The maximum atomic E-state index is 13.2. The van der Waals surface area contributed by atoms with E-state index in [4.69, 9.17) is 14.7 Å². The van der Waals surface area contributed by atoms with Gasteiger partial charge in [0.15, 0.2) is 6.29 Å². The van der Waals surface area contributed by atoms with Gasteiger partial charge in [-0.25, -0.2) is 4.39 Å². The fourth-order valence-corrected chi connectivity index (χ4v) is 1.81. The number of hydrogen-bond acceptors (Lipinski definition) is 4. The molecule has 2 aromatic carbocycles. The smallest absolute Gasteiger partial charge is 0.153 e. The first-order valence-electron chi connectivity index (χ1n) is 6.12. The lowest BCUT2D eigenvalue weighted by Gasteiger charge is -2.11. The Morgan fingerprint density at radius 2 is 2.10 bits per heavy atom. The van der Waals surface area contributed by atoms with Gasteiger partial charge in [0.25, 0.3) is 0 Å². The lowest BCUT2D eigenvalue weighted by atomic mass is 10.1. The molecule has 0 saturated heterocycles. The first kappa shape index (κ1) is 14.5. The van der Waals surface area contributed by atoms with E-state index < -0.39 is 5.82 Å². The minimum atomic E-state index is -0.450. The Bertz CT molecular complexity index is 707. The molecule has 0 aliphatic rings. The molecule has 0 spiro atoms. The first-order chi connectivity index (χ1) is 10.2. The average Bonchev–Trinajstić information content (AvgIpc) is 2.52. The van der Waals surface area contributed by atoms with Crippen LogP contribution in [0.5, 0.6) is 11.5 Å². The van der Waals surface area contributed by atoms with Crippen LogP contribution in [0.4, 0.5) is 4.39 Å². The van der Waals surface area contributed by atoms with E-state index >= 15 is 0 Å². The highest BCUT2D eigenvalue weighted by atomic mass is 19.1. The number of rotatable bonds is 5.